The van der Waals surface area contributed by atoms with Crippen molar-refractivity contribution in [3.8, 4) is 6.07 Å². The minimum atomic E-state index is 0.122. The Bertz CT molecular complexity index is 773. The quantitative estimate of drug-likeness (QED) is 0.894. The maximum atomic E-state index is 12.4. The fourth-order valence-corrected chi connectivity index (χ4v) is 3.57. The number of benzene rings is 2. The van der Waals surface area contributed by atoms with E-state index in [2.05, 4.69) is 35.3 Å². The topological polar surface area (TPSA) is 56.1 Å². The lowest BCUT2D eigenvalue weighted by Gasteiger charge is -2.34. The van der Waals surface area contributed by atoms with Crippen LogP contribution in [0.1, 0.15) is 43.2 Å². The first-order valence-corrected chi connectivity index (χ1v) is 9.25. The first kappa shape index (κ1) is 18.0. The van der Waals surface area contributed by atoms with Crippen LogP contribution in [0.2, 0.25) is 0 Å². The third kappa shape index (κ3) is 4.43. The molecule has 1 aliphatic heterocycles. The lowest BCUT2D eigenvalue weighted by Crippen LogP contribution is -2.45. The average molecular weight is 347 g/mol. The van der Waals surface area contributed by atoms with E-state index in [9.17, 15) is 10.1 Å². The van der Waals surface area contributed by atoms with Gasteiger partial charge in [0.1, 0.15) is 6.07 Å². The highest BCUT2D eigenvalue weighted by atomic mass is 16.1. The molecule has 1 heterocycles. The number of carbonyl (C=O) groups is 1. The standard InChI is InChI=1S/C22H25N3O/c1-17(18-7-3-2-4-8-18)15-22(26)24-20-11-13-25(14-12-20)21-10-6-5-9-19(21)16-23/h2-10,17,20H,11-15H2,1H3,(H,24,26). The van der Waals surface area contributed by atoms with Gasteiger partial charge in [0, 0.05) is 25.6 Å². The summed E-state index contributed by atoms with van der Waals surface area (Å²) < 4.78 is 0. The zero-order chi connectivity index (χ0) is 18.4. The largest absolute Gasteiger partial charge is 0.370 e. The van der Waals surface area contributed by atoms with Crippen LogP contribution in [-0.4, -0.2) is 25.0 Å². The van der Waals surface area contributed by atoms with Crippen molar-refractivity contribution >= 4 is 11.6 Å². The van der Waals surface area contributed by atoms with Crippen molar-refractivity contribution in [1.82, 2.24) is 5.32 Å². The molecule has 0 radical (unpaired) electrons. The summed E-state index contributed by atoms with van der Waals surface area (Å²) in [6.45, 7) is 3.81. The first-order valence-electron chi connectivity index (χ1n) is 9.25. The van der Waals surface area contributed by atoms with E-state index in [0.717, 1.165) is 31.6 Å². The van der Waals surface area contributed by atoms with Gasteiger partial charge < -0.3 is 10.2 Å². The second-order valence-electron chi connectivity index (χ2n) is 6.97. The van der Waals surface area contributed by atoms with Crippen molar-refractivity contribution in [3.05, 3.63) is 65.7 Å². The van der Waals surface area contributed by atoms with E-state index in [4.69, 9.17) is 0 Å². The summed E-state index contributed by atoms with van der Waals surface area (Å²) in [6.07, 6.45) is 2.33. The van der Waals surface area contributed by atoms with Gasteiger partial charge in [0.05, 0.1) is 11.3 Å². The Labute approximate surface area is 155 Å². The van der Waals surface area contributed by atoms with Gasteiger partial charge in [0.15, 0.2) is 0 Å². The van der Waals surface area contributed by atoms with Crippen LogP contribution in [0.4, 0.5) is 5.69 Å². The number of nitrogens with one attached hydrogen (secondary N) is 1. The Balaban J connectivity index is 1.49. The van der Waals surface area contributed by atoms with E-state index in [0.29, 0.717) is 12.0 Å². The van der Waals surface area contributed by atoms with Crippen LogP contribution in [0.3, 0.4) is 0 Å². The van der Waals surface area contributed by atoms with Crippen LogP contribution in [0, 0.1) is 11.3 Å². The molecular formula is C22H25N3O. The second kappa shape index (κ2) is 8.53. The summed E-state index contributed by atoms with van der Waals surface area (Å²) in [4.78, 5) is 14.6. The molecule has 1 aliphatic rings. The predicted molar refractivity (Wildman–Crippen MR) is 104 cm³/mol. The lowest BCUT2D eigenvalue weighted by atomic mass is 9.97. The Morgan fingerprint density at radius 3 is 2.50 bits per heavy atom. The van der Waals surface area contributed by atoms with Gasteiger partial charge in [0.2, 0.25) is 5.91 Å². The molecule has 1 fully saturated rings. The molecule has 0 aromatic heterocycles. The Morgan fingerprint density at radius 2 is 1.81 bits per heavy atom. The minimum absolute atomic E-state index is 0.122. The fraction of sp³-hybridized carbons (Fsp3) is 0.364. The van der Waals surface area contributed by atoms with Gasteiger partial charge in [-0.3, -0.25) is 4.79 Å². The van der Waals surface area contributed by atoms with Crippen LogP contribution < -0.4 is 10.2 Å². The molecule has 1 atom stereocenters. The van der Waals surface area contributed by atoms with Crippen molar-refractivity contribution in [3.63, 3.8) is 0 Å². The zero-order valence-electron chi connectivity index (χ0n) is 15.2. The molecule has 2 aromatic rings. The van der Waals surface area contributed by atoms with Crippen molar-refractivity contribution in [2.45, 2.75) is 38.1 Å². The van der Waals surface area contributed by atoms with Gasteiger partial charge >= 0.3 is 0 Å². The highest BCUT2D eigenvalue weighted by Crippen LogP contribution is 2.24. The number of rotatable bonds is 5. The van der Waals surface area contributed by atoms with Crippen molar-refractivity contribution in [2.75, 3.05) is 18.0 Å². The molecule has 26 heavy (non-hydrogen) atoms. The van der Waals surface area contributed by atoms with Crippen molar-refractivity contribution in [2.24, 2.45) is 0 Å². The smallest absolute Gasteiger partial charge is 0.220 e. The number of amides is 1. The third-order valence-electron chi connectivity index (χ3n) is 5.09. The van der Waals surface area contributed by atoms with Crippen LogP contribution in [-0.2, 0) is 4.79 Å². The molecule has 0 bridgehead atoms. The van der Waals surface area contributed by atoms with Crippen LogP contribution in [0.25, 0.3) is 0 Å². The van der Waals surface area contributed by atoms with Gasteiger partial charge in [-0.2, -0.15) is 5.26 Å². The maximum absolute atomic E-state index is 12.4. The molecule has 3 rings (SSSR count). The van der Waals surface area contributed by atoms with Crippen molar-refractivity contribution < 1.29 is 4.79 Å². The maximum Gasteiger partial charge on any atom is 0.220 e. The van der Waals surface area contributed by atoms with Crippen LogP contribution in [0.15, 0.2) is 54.6 Å². The molecule has 0 spiro atoms. The molecule has 1 N–H and O–H groups in total. The summed E-state index contributed by atoms with van der Waals surface area (Å²) in [5, 5.41) is 12.5. The van der Waals surface area contributed by atoms with E-state index in [-0.39, 0.29) is 17.9 Å². The van der Waals surface area contributed by atoms with E-state index >= 15 is 0 Å². The summed E-state index contributed by atoms with van der Waals surface area (Å²) >= 11 is 0. The summed E-state index contributed by atoms with van der Waals surface area (Å²) in [5.41, 5.74) is 2.91. The number of carbonyl (C=O) groups excluding carboxylic acids is 1. The van der Waals surface area contributed by atoms with E-state index in [1.165, 1.54) is 5.56 Å². The van der Waals surface area contributed by atoms with Crippen LogP contribution >= 0.6 is 0 Å². The van der Waals surface area contributed by atoms with Gasteiger partial charge in [-0.15, -0.1) is 0 Å². The fourth-order valence-electron chi connectivity index (χ4n) is 3.57. The number of nitrogens with zero attached hydrogens (tertiary/aromatic N) is 2. The third-order valence-corrected chi connectivity index (χ3v) is 5.09. The monoisotopic (exact) mass is 347 g/mol. The highest BCUT2D eigenvalue weighted by Gasteiger charge is 2.22. The molecule has 4 heteroatoms. The van der Waals surface area contributed by atoms with E-state index in [1.54, 1.807) is 0 Å². The Kier molecular flexibility index (Phi) is 5.91. The lowest BCUT2D eigenvalue weighted by molar-refractivity contribution is -0.122. The number of anilines is 1. The molecule has 4 nitrogen and oxygen atoms in total. The molecule has 1 unspecified atom stereocenters. The number of para-hydroxylation sites is 1. The molecular weight excluding hydrogens is 322 g/mol. The predicted octanol–water partition coefficient (Wildman–Crippen LogP) is 3.84. The normalized spacial score (nSPS) is 15.9. The van der Waals surface area contributed by atoms with Gasteiger partial charge in [-0.1, -0.05) is 49.4 Å². The molecule has 2 aromatic carbocycles. The number of piperidine rings is 1. The Morgan fingerprint density at radius 1 is 1.15 bits per heavy atom. The molecule has 1 saturated heterocycles. The second-order valence-corrected chi connectivity index (χ2v) is 6.97. The summed E-state index contributed by atoms with van der Waals surface area (Å²) in [7, 11) is 0. The van der Waals surface area contributed by atoms with Gasteiger partial charge in [-0.05, 0) is 36.5 Å². The average Bonchev–Trinajstić information content (AvgIpc) is 2.69. The minimum Gasteiger partial charge on any atom is -0.370 e. The molecule has 0 aliphatic carbocycles. The van der Waals surface area contributed by atoms with Crippen LogP contribution in [0.5, 0.6) is 0 Å². The Hall–Kier alpha value is -2.80. The van der Waals surface area contributed by atoms with E-state index in [1.807, 2.05) is 42.5 Å². The van der Waals surface area contributed by atoms with Gasteiger partial charge in [0.25, 0.3) is 0 Å². The first-order chi connectivity index (χ1) is 12.7. The number of hydrogen-bond donors (Lipinski definition) is 1. The zero-order valence-corrected chi connectivity index (χ0v) is 15.2. The molecule has 1 amide bonds. The SMILES string of the molecule is CC(CC(=O)NC1CCN(c2ccccc2C#N)CC1)c1ccccc1. The van der Waals surface area contributed by atoms with E-state index < -0.39 is 0 Å². The summed E-state index contributed by atoms with van der Waals surface area (Å²) in [5.74, 6) is 0.344. The van der Waals surface area contributed by atoms with Gasteiger partial charge in [-0.25, -0.2) is 0 Å². The number of nitriles is 1. The molecule has 0 saturated carbocycles. The molecule has 134 valence electrons. The summed E-state index contributed by atoms with van der Waals surface area (Å²) in [6, 6.07) is 20.4. The number of hydrogen-bond acceptors (Lipinski definition) is 3. The van der Waals surface area contributed by atoms with Crippen molar-refractivity contribution in [1.29, 1.82) is 5.26 Å². The highest BCUT2D eigenvalue weighted by molar-refractivity contribution is 5.77.